The van der Waals surface area contributed by atoms with E-state index in [9.17, 15) is 21.6 Å². The number of hydrogen-bond donors (Lipinski definition) is 1. The van der Waals surface area contributed by atoms with Crippen LogP contribution in [0.4, 0.5) is 18.9 Å². The van der Waals surface area contributed by atoms with Crippen LogP contribution in [0.3, 0.4) is 0 Å². The first-order valence-corrected chi connectivity index (χ1v) is 9.81. The summed E-state index contributed by atoms with van der Waals surface area (Å²) in [6, 6.07) is 9.98. The molecule has 1 aliphatic heterocycles. The van der Waals surface area contributed by atoms with Crippen LogP contribution in [-0.2, 0) is 16.2 Å². The predicted molar refractivity (Wildman–Crippen MR) is 94.3 cm³/mol. The topological polar surface area (TPSA) is 63.4 Å². The van der Waals surface area contributed by atoms with Gasteiger partial charge in [-0.2, -0.15) is 13.2 Å². The number of halogens is 3. The lowest BCUT2D eigenvalue weighted by Gasteiger charge is -2.33. The number of rotatable bonds is 3. The third-order valence-corrected chi connectivity index (χ3v) is 5.44. The van der Waals surface area contributed by atoms with E-state index in [1.54, 1.807) is 35.2 Å². The molecule has 1 fully saturated rings. The molecule has 0 atom stereocenters. The van der Waals surface area contributed by atoms with Crippen molar-refractivity contribution in [3.63, 3.8) is 0 Å². The Balaban J connectivity index is 2.39. The first-order valence-electron chi connectivity index (χ1n) is 8.27. The molecular weight excluding hydrogens is 365 g/mol. The van der Waals surface area contributed by atoms with Gasteiger partial charge in [0.1, 0.15) is 0 Å². The van der Waals surface area contributed by atoms with E-state index in [0.717, 1.165) is 31.4 Å². The van der Waals surface area contributed by atoms with Gasteiger partial charge in [-0.15, -0.1) is 0 Å². The van der Waals surface area contributed by atoms with Gasteiger partial charge in [0, 0.05) is 18.7 Å². The Kier molecular flexibility index (Phi) is 4.98. The molecule has 0 aliphatic carbocycles. The van der Waals surface area contributed by atoms with Crippen LogP contribution in [0.5, 0.6) is 0 Å². The van der Waals surface area contributed by atoms with Crippen LogP contribution in [-0.4, -0.2) is 21.5 Å². The smallest absolute Gasteiger partial charge is 0.371 e. The normalized spacial score (nSPS) is 15.9. The monoisotopic (exact) mass is 384 g/mol. The number of primary sulfonamides is 1. The SMILES string of the molecule is NS(=O)(=O)c1ccc(C(F)(F)F)c(N2CCCCC2)c1-c1ccccc1. The zero-order valence-corrected chi connectivity index (χ0v) is 14.8. The minimum atomic E-state index is -4.60. The van der Waals surface area contributed by atoms with Gasteiger partial charge in [0.05, 0.1) is 16.1 Å². The second kappa shape index (κ2) is 6.92. The fraction of sp³-hybridized carbons (Fsp3) is 0.333. The third-order valence-electron chi connectivity index (χ3n) is 4.49. The Hall–Kier alpha value is -2.06. The van der Waals surface area contributed by atoms with E-state index >= 15 is 0 Å². The van der Waals surface area contributed by atoms with Crippen LogP contribution in [0.1, 0.15) is 24.8 Å². The Morgan fingerprint density at radius 2 is 1.54 bits per heavy atom. The predicted octanol–water partition coefficient (Wildman–Crippen LogP) is 4.01. The number of nitrogens with zero attached hydrogens (tertiary/aromatic N) is 1. The summed E-state index contributed by atoms with van der Waals surface area (Å²) in [7, 11) is -4.20. The van der Waals surface area contributed by atoms with Crippen molar-refractivity contribution in [1.29, 1.82) is 0 Å². The van der Waals surface area contributed by atoms with Crippen molar-refractivity contribution in [1.82, 2.24) is 0 Å². The molecule has 2 N–H and O–H groups in total. The lowest BCUT2D eigenvalue weighted by atomic mass is 9.97. The molecule has 1 saturated heterocycles. The number of benzene rings is 2. The molecule has 2 aromatic rings. The van der Waals surface area contributed by atoms with Crippen LogP contribution >= 0.6 is 0 Å². The number of alkyl halides is 3. The third kappa shape index (κ3) is 3.71. The molecule has 140 valence electrons. The Morgan fingerprint density at radius 3 is 2.08 bits per heavy atom. The number of sulfonamides is 1. The van der Waals surface area contributed by atoms with Crippen molar-refractivity contribution in [2.45, 2.75) is 30.3 Å². The number of hydrogen-bond acceptors (Lipinski definition) is 3. The first-order chi connectivity index (χ1) is 12.2. The van der Waals surface area contributed by atoms with Gasteiger partial charge in [0.25, 0.3) is 0 Å². The van der Waals surface area contributed by atoms with Gasteiger partial charge in [-0.25, -0.2) is 13.6 Å². The lowest BCUT2D eigenvalue weighted by molar-refractivity contribution is -0.137. The van der Waals surface area contributed by atoms with Crippen molar-refractivity contribution in [2.24, 2.45) is 5.14 Å². The molecule has 0 unspecified atom stereocenters. The number of piperidine rings is 1. The second-order valence-corrected chi connectivity index (χ2v) is 7.82. The molecule has 2 aromatic carbocycles. The Morgan fingerprint density at radius 1 is 0.923 bits per heavy atom. The number of nitrogens with two attached hydrogens (primary N) is 1. The van der Waals surface area contributed by atoms with Gasteiger partial charge in [-0.05, 0) is 37.0 Å². The Bertz CT molecular complexity index is 891. The van der Waals surface area contributed by atoms with Crippen LogP contribution in [0.15, 0.2) is 47.4 Å². The van der Waals surface area contributed by atoms with Gasteiger partial charge in [0.15, 0.2) is 0 Å². The maximum atomic E-state index is 13.7. The summed E-state index contributed by atoms with van der Waals surface area (Å²) in [6.07, 6.45) is -2.16. The fourth-order valence-corrected chi connectivity index (χ4v) is 4.13. The highest BCUT2D eigenvalue weighted by atomic mass is 32.2. The molecule has 4 nitrogen and oxygen atoms in total. The van der Waals surface area contributed by atoms with Crippen LogP contribution < -0.4 is 10.0 Å². The molecule has 26 heavy (non-hydrogen) atoms. The average molecular weight is 384 g/mol. The van der Waals surface area contributed by atoms with Crippen molar-refractivity contribution < 1.29 is 21.6 Å². The van der Waals surface area contributed by atoms with Crippen LogP contribution in [0.25, 0.3) is 11.1 Å². The van der Waals surface area contributed by atoms with Crippen molar-refractivity contribution in [2.75, 3.05) is 18.0 Å². The standard InChI is InChI=1S/C18H19F3N2O2S/c19-18(20,21)14-9-10-15(26(22,24)25)16(13-7-3-1-4-8-13)17(14)23-11-5-2-6-12-23/h1,3-4,7-10H,2,5-6,11-12H2,(H2,22,24,25). The zero-order valence-electron chi connectivity index (χ0n) is 14.0. The molecule has 0 aromatic heterocycles. The quantitative estimate of drug-likeness (QED) is 0.870. The zero-order chi connectivity index (χ0) is 18.9. The summed E-state index contributed by atoms with van der Waals surface area (Å²) in [4.78, 5) is 1.33. The van der Waals surface area contributed by atoms with E-state index in [4.69, 9.17) is 5.14 Å². The highest BCUT2D eigenvalue weighted by Crippen LogP contribution is 2.45. The molecule has 1 aliphatic rings. The van der Waals surface area contributed by atoms with E-state index in [1.807, 2.05) is 0 Å². The Labute approximate surface area is 150 Å². The molecule has 0 radical (unpaired) electrons. The van der Waals surface area contributed by atoms with E-state index in [2.05, 4.69) is 0 Å². The van der Waals surface area contributed by atoms with Crippen LogP contribution in [0.2, 0.25) is 0 Å². The molecule has 0 bridgehead atoms. The van der Waals surface area contributed by atoms with Gasteiger partial charge < -0.3 is 4.90 Å². The molecule has 1 heterocycles. The van der Waals surface area contributed by atoms with E-state index in [0.29, 0.717) is 18.7 Å². The number of anilines is 1. The largest absolute Gasteiger partial charge is 0.418 e. The van der Waals surface area contributed by atoms with Gasteiger partial charge in [-0.1, -0.05) is 30.3 Å². The average Bonchev–Trinajstić information content (AvgIpc) is 2.60. The molecule has 0 saturated carbocycles. The summed E-state index contributed by atoms with van der Waals surface area (Å²) in [6.45, 7) is 0.883. The lowest BCUT2D eigenvalue weighted by Crippen LogP contribution is -2.32. The molecule has 3 rings (SSSR count). The first kappa shape index (κ1) is 18.7. The minimum Gasteiger partial charge on any atom is -0.371 e. The van der Waals surface area contributed by atoms with Crippen molar-refractivity contribution in [3.8, 4) is 11.1 Å². The summed E-state index contributed by atoms with van der Waals surface area (Å²) < 4.78 is 65.4. The summed E-state index contributed by atoms with van der Waals surface area (Å²) in [5, 5.41) is 5.32. The van der Waals surface area contributed by atoms with Gasteiger partial charge in [-0.3, -0.25) is 0 Å². The maximum absolute atomic E-state index is 13.7. The second-order valence-electron chi connectivity index (χ2n) is 6.29. The summed E-state index contributed by atoms with van der Waals surface area (Å²) >= 11 is 0. The highest BCUT2D eigenvalue weighted by molar-refractivity contribution is 7.89. The van der Waals surface area contributed by atoms with Gasteiger partial charge >= 0.3 is 6.18 Å². The fourth-order valence-electron chi connectivity index (χ4n) is 3.37. The molecule has 8 heteroatoms. The van der Waals surface area contributed by atoms with E-state index in [-0.39, 0.29) is 16.1 Å². The highest BCUT2D eigenvalue weighted by Gasteiger charge is 2.38. The maximum Gasteiger partial charge on any atom is 0.418 e. The van der Waals surface area contributed by atoms with Gasteiger partial charge in [0.2, 0.25) is 10.0 Å². The molecule has 0 amide bonds. The molecule has 0 spiro atoms. The summed E-state index contributed by atoms with van der Waals surface area (Å²) in [5.41, 5.74) is -0.534. The van der Waals surface area contributed by atoms with E-state index < -0.39 is 21.8 Å². The van der Waals surface area contributed by atoms with Crippen molar-refractivity contribution in [3.05, 3.63) is 48.0 Å². The minimum absolute atomic E-state index is 0.0184. The molecular formula is C18H19F3N2O2S. The van der Waals surface area contributed by atoms with E-state index in [1.165, 1.54) is 0 Å². The summed E-state index contributed by atoms with van der Waals surface area (Å²) in [5.74, 6) is 0. The van der Waals surface area contributed by atoms with Crippen LogP contribution in [0, 0.1) is 0 Å². The van der Waals surface area contributed by atoms with Crippen molar-refractivity contribution >= 4 is 15.7 Å².